The summed E-state index contributed by atoms with van der Waals surface area (Å²) >= 11 is 3.51. The number of hydrogen-bond acceptors (Lipinski definition) is 1. The maximum absolute atomic E-state index is 11.0. The van der Waals surface area contributed by atoms with Crippen LogP contribution in [0.1, 0.15) is 19.3 Å². The quantitative estimate of drug-likeness (QED) is 0.530. The van der Waals surface area contributed by atoms with Crippen LogP contribution in [0.2, 0.25) is 0 Å². The molecule has 3 atom stereocenters. The van der Waals surface area contributed by atoms with Crippen molar-refractivity contribution in [1.29, 1.82) is 0 Å². The maximum Gasteiger partial charge on any atom is 0.137 e. The SMILES string of the molecule is O=C1C[C@H]2C[C@@H](Br)[C@@H]1C2. The first-order valence-electron chi connectivity index (χ1n) is 3.44. The Labute approximate surface area is 62.9 Å². The molecule has 0 heterocycles. The van der Waals surface area contributed by atoms with Crippen LogP contribution in [0.3, 0.4) is 0 Å². The van der Waals surface area contributed by atoms with Gasteiger partial charge in [0.25, 0.3) is 0 Å². The molecule has 0 spiro atoms. The second-order valence-corrected chi connectivity index (χ2v) is 4.31. The third-order valence-electron chi connectivity index (χ3n) is 2.49. The van der Waals surface area contributed by atoms with Crippen molar-refractivity contribution in [3.63, 3.8) is 0 Å². The molecule has 50 valence electrons. The van der Waals surface area contributed by atoms with E-state index in [1.54, 1.807) is 0 Å². The van der Waals surface area contributed by atoms with Crippen molar-refractivity contribution >= 4 is 21.7 Å². The largest absolute Gasteiger partial charge is 0.299 e. The Morgan fingerprint density at radius 2 is 2.22 bits per heavy atom. The number of alkyl halides is 1. The van der Waals surface area contributed by atoms with Crippen molar-refractivity contribution in [3.8, 4) is 0 Å². The summed E-state index contributed by atoms with van der Waals surface area (Å²) in [5.74, 6) is 1.61. The lowest BCUT2D eigenvalue weighted by atomic mass is 10.00. The first-order valence-corrected chi connectivity index (χ1v) is 4.35. The highest BCUT2D eigenvalue weighted by Gasteiger charge is 2.44. The maximum atomic E-state index is 11.0. The van der Waals surface area contributed by atoms with Gasteiger partial charge in [-0.05, 0) is 18.8 Å². The van der Waals surface area contributed by atoms with E-state index in [9.17, 15) is 4.79 Å². The molecule has 0 aliphatic heterocycles. The van der Waals surface area contributed by atoms with Gasteiger partial charge in [-0.2, -0.15) is 0 Å². The summed E-state index contributed by atoms with van der Waals surface area (Å²) in [6.07, 6.45) is 3.26. The Bertz CT molecular complexity index is 155. The number of fused-ring (bicyclic) bond motifs is 2. The Morgan fingerprint density at radius 3 is 2.56 bits per heavy atom. The molecule has 2 aliphatic carbocycles. The topological polar surface area (TPSA) is 17.1 Å². The van der Waals surface area contributed by atoms with E-state index in [4.69, 9.17) is 0 Å². The Kier molecular flexibility index (Phi) is 1.19. The lowest BCUT2D eigenvalue weighted by Crippen LogP contribution is -2.18. The highest BCUT2D eigenvalue weighted by Crippen LogP contribution is 2.45. The number of rotatable bonds is 0. The van der Waals surface area contributed by atoms with Crippen LogP contribution in [0.25, 0.3) is 0 Å². The minimum atomic E-state index is 0.384. The molecule has 0 amide bonds. The summed E-state index contributed by atoms with van der Waals surface area (Å²) in [7, 11) is 0. The molecule has 0 saturated heterocycles. The van der Waals surface area contributed by atoms with Crippen LogP contribution in [0.15, 0.2) is 0 Å². The van der Waals surface area contributed by atoms with Crippen LogP contribution < -0.4 is 0 Å². The van der Waals surface area contributed by atoms with Gasteiger partial charge in [0.1, 0.15) is 5.78 Å². The van der Waals surface area contributed by atoms with Gasteiger partial charge in [0, 0.05) is 17.2 Å². The zero-order valence-corrected chi connectivity index (χ0v) is 6.73. The highest BCUT2D eigenvalue weighted by molar-refractivity contribution is 9.09. The second-order valence-electron chi connectivity index (χ2n) is 3.13. The van der Waals surface area contributed by atoms with Crippen LogP contribution in [0.4, 0.5) is 0 Å². The summed E-state index contributed by atoms with van der Waals surface area (Å²) < 4.78 is 0. The summed E-state index contributed by atoms with van der Waals surface area (Å²) in [6.45, 7) is 0. The van der Waals surface area contributed by atoms with Crippen LogP contribution in [-0.4, -0.2) is 10.6 Å². The van der Waals surface area contributed by atoms with Gasteiger partial charge in [-0.3, -0.25) is 4.79 Å². The van der Waals surface area contributed by atoms with Crippen molar-refractivity contribution in [1.82, 2.24) is 0 Å². The first kappa shape index (κ1) is 5.90. The van der Waals surface area contributed by atoms with Gasteiger partial charge in [0.05, 0.1) is 0 Å². The lowest BCUT2D eigenvalue weighted by Gasteiger charge is -2.12. The third-order valence-corrected chi connectivity index (χ3v) is 3.50. The van der Waals surface area contributed by atoms with E-state index in [1.807, 2.05) is 0 Å². The number of hydrogen-bond donors (Lipinski definition) is 0. The average molecular weight is 189 g/mol. The number of carbonyl (C=O) groups excluding carboxylic acids is 1. The van der Waals surface area contributed by atoms with Crippen LogP contribution in [0, 0.1) is 11.8 Å². The van der Waals surface area contributed by atoms with Gasteiger partial charge in [-0.1, -0.05) is 15.9 Å². The molecular formula is C7H9BrO. The van der Waals surface area contributed by atoms with Gasteiger partial charge < -0.3 is 0 Å². The molecule has 0 radical (unpaired) electrons. The summed E-state index contributed by atoms with van der Waals surface area (Å²) in [4.78, 5) is 11.5. The van der Waals surface area contributed by atoms with E-state index in [2.05, 4.69) is 15.9 Å². The van der Waals surface area contributed by atoms with Crippen LogP contribution in [0.5, 0.6) is 0 Å². The average Bonchev–Trinajstić information content (AvgIpc) is 2.22. The van der Waals surface area contributed by atoms with Crippen molar-refractivity contribution < 1.29 is 4.79 Å². The molecule has 2 saturated carbocycles. The van der Waals surface area contributed by atoms with Crippen molar-refractivity contribution in [3.05, 3.63) is 0 Å². The highest BCUT2D eigenvalue weighted by atomic mass is 79.9. The van der Waals surface area contributed by atoms with Crippen molar-refractivity contribution in [2.75, 3.05) is 0 Å². The first-order chi connectivity index (χ1) is 4.27. The molecule has 2 heteroatoms. The second kappa shape index (κ2) is 1.82. The molecule has 0 aromatic carbocycles. The molecular weight excluding hydrogens is 180 g/mol. The molecule has 9 heavy (non-hydrogen) atoms. The van der Waals surface area contributed by atoms with E-state index in [0.29, 0.717) is 16.5 Å². The molecule has 1 nitrogen and oxygen atoms in total. The standard InChI is InChI=1S/C7H9BrO/c8-6-2-4-1-5(6)7(9)3-4/h4-6H,1-3H2/t4-,5+,6-/m1/s1. The lowest BCUT2D eigenvalue weighted by molar-refractivity contribution is -0.121. The minimum Gasteiger partial charge on any atom is -0.299 e. The Morgan fingerprint density at radius 1 is 1.44 bits per heavy atom. The van der Waals surface area contributed by atoms with Gasteiger partial charge in [0.2, 0.25) is 0 Å². The fourth-order valence-electron chi connectivity index (χ4n) is 2.02. The van der Waals surface area contributed by atoms with E-state index in [1.165, 1.54) is 6.42 Å². The number of Topliss-reactive ketones (excluding diaryl/α,β-unsaturated/α-hetero) is 1. The predicted octanol–water partition coefficient (Wildman–Crippen LogP) is 1.75. The number of halogens is 1. The van der Waals surface area contributed by atoms with Gasteiger partial charge in [-0.25, -0.2) is 0 Å². The molecule has 2 rings (SSSR count). The number of carbonyl (C=O) groups is 1. The molecule has 0 unspecified atom stereocenters. The van der Waals surface area contributed by atoms with Crippen LogP contribution >= 0.6 is 15.9 Å². The summed E-state index contributed by atoms with van der Waals surface area (Å²) in [5, 5.41) is 0. The molecule has 2 bridgehead atoms. The molecule has 0 N–H and O–H groups in total. The fraction of sp³-hybridized carbons (Fsp3) is 0.857. The monoisotopic (exact) mass is 188 g/mol. The normalized spacial score (nSPS) is 48.6. The van der Waals surface area contributed by atoms with Crippen molar-refractivity contribution in [2.24, 2.45) is 11.8 Å². The Balaban J connectivity index is 2.21. The third kappa shape index (κ3) is 0.759. The minimum absolute atomic E-state index is 0.384. The molecule has 0 aromatic heterocycles. The van der Waals surface area contributed by atoms with Gasteiger partial charge >= 0.3 is 0 Å². The van der Waals surface area contributed by atoms with E-state index in [-0.39, 0.29) is 0 Å². The van der Waals surface area contributed by atoms with E-state index in [0.717, 1.165) is 18.8 Å². The van der Waals surface area contributed by atoms with Crippen LogP contribution in [-0.2, 0) is 4.79 Å². The van der Waals surface area contributed by atoms with Gasteiger partial charge in [-0.15, -0.1) is 0 Å². The Hall–Kier alpha value is 0.150. The smallest absolute Gasteiger partial charge is 0.137 e. The van der Waals surface area contributed by atoms with E-state index >= 15 is 0 Å². The fourth-order valence-corrected chi connectivity index (χ4v) is 3.06. The van der Waals surface area contributed by atoms with E-state index < -0.39 is 0 Å². The zero-order valence-electron chi connectivity index (χ0n) is 5.14. The van der Waals surface area contributed by atoms with Gasteiger partial charge in [0.15, 0.2) is 0 Å². The molecule has 2 fully saturated rings. The molecule has 0 aromatic rings. The zero-order chi connectivity index (χ0) is 6.43. The summed E-state index contributed by atoms with van der Waals surface area (Å²) in [5.41, 5.74) is 0. The molecule has 2 aliphatic rings. The number of ketones is 1. The van der Waals surface area contributed by atoms with Crippen molar-refractivity contribution in [2.45, 2.75) is 24.1 Å². The summed E-state index contributed by atoms with van der Waals surface area (Å²) in [6, 6.07) is 0. The predicted molar refractivity (Wildman–Crippen MR) is 38.6 cm³/mol.